The number of halogens is 1. The summed E-state index contributed by atoms with van der Waals surface area (Å²) < 4.78 is 0.990. The summed E-state index contributed by atoms with van der Waals surface area (Å²) in [6, 6.07) is 6.01. The Morgan fingerprint density at radius 2 is 2.05 bits per heavy atom. The maximum Gasteiger partial charge on any atom is 0.254 e. The summed E-state index contributed by atoms with van der Waals surface area (Å²) in [6.07, 6.45) is 2.02. The van der Waals surface area contributed by atoms with Gasteiger partial charge in [0.2, 0.25) is 0 Å². The minimum absolute atomic E-state index is 0.141. The van der Waals surface area contributed by atoms with Gasteiger partial charge in [0.1, 0.15) is 0 Å². The van der Waals surface area contributed by atoms with E-state index in [2.05, 4.69) is 22.9 Å². The molecule has 1 aliphatic rings. The van der Waals surface area contributed by atoms with Gasteiger partial charge in [-0.1, -0.05) is 22.0 Å². The molecule has 1 saturated heterocycles. The van der Waals surface area contributed by atoms with Crippen LogP contribution in [-0.4, -0.2) is 29.9 Å². The molecule has 2 N–H and O–H groups in total. The van der Waals surface area contributed by atoms with Crippen molar-refractivity contribution in [2.24, 2.45) is 11.7 Å². The Labute approximate surface area is 123 Å². The average Bonchev–Trinajstić information content (AvgIpc) is 2.41. The molecule has 1 fully saturated rings. The first-order valence-electron chi connectivity index (χ1n) is 6.80. The highest BCUT2D eigenvalue weighted by Crippen LogP contribution is 2.24. The van der Waals surface area contributed by atoms with Crippen LogP contribution in [0.3, 0.4) is 0 Å². The van der Waals surface area contributed by atoms with Crippen LogP contribution in [0.4, 0.5) is 0 Å². The van der Waals surface area contributed by atoms with Gasteiger partial charge in [-0.05, 0) is 50.3 Å². The largest absolute Gasteiger partial charge is 0.339 e. The molecule has 19 heavy (non-hydrogen) atoms. The second kappa shape index (κ2) is 6.06. The molecule has 1 aromatic carbocycles. The first-order chi connectivity index (χ1) is 9.00. The van der Waals surface area contributed by atoms with Crippen molar-refractivity contribution < 1.29 is 4.79 Å². The van der Waals surface area contributed by atoms with Crippen molar-refractivity contribution in [2.75, 3.05) is 13.1 Å². The van der Waals surface area contributed by atoms with Crippen LogP contribution in [-0.2, 0) is 0 Å². The Kier molecular flexibility index (Phi) is 4.63. The first kappa shape index (κ1) is 14.5. The second-order valence-corrected chi connectivity index (χ2v) is 6.26. The van der Waals surface area contributed by atoms with Gasteiger partial charge in [-0.2, -0.15) is 0 Å². The summed E-state index contributed by atoms with van der Waals surface area (Å²) in [5.74, 6) is 0.689. The summed E-state index contributed by atoms with van der Waals surface area (Å²) in [5, 5.41) is 0. The molecule has 4 heteroatoms. The van der Waals surface area contributed by atoms with E-state index in [0.29, 0.717) is 5.92 Å². The second-order valence-electron chi connectivity index (χ2n) is 5.40. The number of carbonyl (C=O) groups is 1. The number of nitrogens with zero attached hydrogens (tertiary/aromatic N) is 1. The molecule has 104 valence electrons. The van der Waals surface area contributed by atoms with E-state index < -0.39 is 0 Å². The van der Waals surface area contributed by atoms with E-state index in [1.165, 1.54) is 0 Å². The van der Waals surface area contributed by atoms with Crippen LogP contribution in [0.25, 0.3) is 0 Å². The number of nitrogens with two attached hydrogens (primary N) is 1. The Balaban J connectivity index is 2.07. The topological polar surface area (TPSA) is 46.3 Å². The van der Waals surface area contributed by atoms with Crippen LogP contribution >= 0.6 is 15.9 Å². The lowest BCUT2D eigenvalue weighted by Gasteiger charge is -2.34. The van der Waals surface area contributed by atoms with E-state index in [4.69, 9.17) is 5.73 Å². The molecule has 1 atom stereocenters. The van der Waals surface area contributed by atoms with E-state index in [9.17, 15) is 4.79 Å². The lowest BCUT2D eigenvalue weighted by atomic mass is 9.90. The van der Waals surface area contributed by atoms with Gasteiger partial charge in [0.15, 0.2) is 0 Å². The van der Waals surface area contributed by atoms with Crippen molar-refractivity contribution >= 4 is 21.8 Å². The predicted octanol–water partition coefficient (Wildman–Crippen LogP) is 2.96. The van der Waals surface area contributed by atoms with Crippen molar-refractivity contribution in [1.82, 2.24) is 4.90 Å². The Morgan fingerprint density at radius 1 is 1.42 bits per heavy atom. The molecule has 0 saturated carbocycles. The zero-order valence-corrected chi connectivity index (χ0v) is 13.1. The molecule has 0 spiro atoms. The van der Waals surface area contributed by atoms with Gasteiger partial charge in [-0.15, -0.1) is 0 Å². The third kappa shape index (κ3) is 3.18. The fourth-order valence-corrected chi connectivity index (χ4v) is 3.00. The minimum atomic E-state index is 0.141. The maximum absolute atomic E-state index is 12.5. The van der Waals surface area contributed by atoms with E-state index in [-0.39, 0.29) is 11.9 Å². The summed E-state index contributed by atoms with van der Waals surface area (Å²) in [6.45, 7) is 5.67. The molecule has 1 amide bonds. The normalized spacial score (nSPS) is 18.4. The van der Waals surface area contributed by atoms with E-state index in [0.717, 1.165) is 41.5 Å². The predicted molar refractivity (Wildman–Crippen MR) is 81.2 cm³/mol. The van der Waals surface area contributed by atoms with Crippen molar-refractivity contribution in [3.05, 3.63) is 33.8 Å². The standard InChI is InChI=1S/C15H21BrN2O/c1-10-13(4-3-5-14(10)16)15(19)18-8-6-12(7-9-18)11(2)17/h3-5,11-12H,6-9,17H2,1-2H3. The molecular formula is C15H21BrN2O. The average molecular weight is 325 g/mol. The summed E-state index contributed by atoms with van der Waals surface area (Å²) in [4.78, 5) is 14.5. The molecule has 0 aromatic heterocycles. The lowest BCUT2D eigenvalue weighted by molar-refractivity contribution is 0.0680. The highest BCUT2D eigenvalue weighted by atomic mass is 79.9. The number of amides is 1. The number of benzene rings is 1. The number of carbonyl (C=O) groups excluding carboxylic acids is 1. The molecule has 0 bridgehead atoms. The number of hydrogen-bond acceptors (Lipinski definition) is 2. The molecule has 2 rings (SSSR count). The molecule has 1 heterocycles. The summed E-state index contributed by atoms with van der Waals surface area (Å²) in [7, 11) is 0. The monoisotopic (exact) mass is 324 g/mol. The van der Waals surface area contributed by atoms with Gasteiger partial charge in [0.05, 0.1) is 0 Å². The highest BCUT2D eigenvalue weighted by molar-refractivity contribution is 9.10. The molecule has 1 aromatic rings. The van der Waals surface area contributed by atoms with Crippen LogP contribution in [0.5, 0.6) is 0 Å². The third-order valence-corrected chi connectivity index (χ3v) is 4.93. The fourth-order valence-electron chi connectivity index (χ4n) is 2.64. The number of likely N-dealkylation sites (tertiary alicyclic amines) is 1. The van der Waals surface area contributed by atoms with Crippen molar-refractivity contribution in [3.63, 3.8) is 0 Å². The van der Waals surface area contributed by atoms with Crippen molar-refractivity contribution in [2.45, 2.75) is 32.7 Å². The van der Waals surface area contributed by atoms with Crippen LogP contribution < -0.4 is 5.73 Å². The van der Waals surface area contributed by atoms with Gasteiger partial charge in [-0.25, -0.2) is 0 Å². The number of hydrogen-bond donors (Lipinski definition) is 1. The summed E-state index contributed by atoms with van der Waals surface area (Å²) in [5.41, 5.74) is 7.75. The maximum atomic E-state index is 12.5. The van der Waals surface area contributed by atoms with E-state index >= 15 is 0 Å². The number of piperidine rings is 1. The Morgan fingerprint density at radius 3 is 2.63 bits per heavy atom. The van der Waals surface area contributed by atoms with E-state index in [1.807, 2.05) is 30.0 Å². The van der Waals surface area contributed by atoms with Crippen LogP contribution in [0.15, 0.2) is 22.7 Å². The van der Waals surface area contributed by atoms with Gasteiger partial charge < -0.3 is 10.6 Å². The molecule has 1 aliphatic heterocycles. The van der Waals surface area contributed by atoms with Crippen LogP contribution in [0, 0.1) is 12.8 Å². The van der Waals surface area contributed by atoms with Crippen LogP contribution in [0.2, 0.25) is 0 Å². The SMILES string of the molecule is Cc1c(Br)cccc1C(=O)N1CCC(C(C)N)CC1. The molecule has 0 radical (unpaired) electrons. The lowest BCUT2D eigenvalue weighted by Crippen LogP contribution is -2.42. The van der Waals surface area contributed by atoms with E-state index in [1.54, 1.807) is 0 Å². The van der Waals surface area contributed by atoms with Gasteiger partial charge in [-0.3, -0.25) is 4.79 Å². The van der Waals surface area contributed by atoms with Gasteiger partial charge in [0.25, 0.3) is 5.91 Å². The van der Waals surface area contributed by atoms with Gasteiger partial charge >= 0.3 is 0 Å². The fraction of sp³-hybridized carbons (Fsp3) is 0.533. The number of rotatable bonds is 2. The Bertz CT molecular complexity index is 465. The minimum Gasteiger partial charge on any atom is -0.339 e. The van der Waals surface area contributed by atoms with Crippen molar-refractivity contribution in [1.29, 1.82) is 0 Å². The quantitative estimate of drug-likeness (QED) is 0.909. The molecular weight excluding hydrogens is 304 g/mol. The smallest absolute Gasteiger partial charge is 0.254 e. The molecule has 0 aliphatic carbocycles. The Hall–Kier alpha value is -0.870. The van der Waals surface area contributed by atoms with Gasteiger partial charge in [0, 0.05) is 29.2 Å². The molecule has 1 unspecified atom stereocenters. The van der Waals surface area contributed by atoms with Crippen LogP contribution in [0.1, 0.15) is 35.7 Å². The summed E-state index contributed by atoms with van der Waals surface area (Å²) >= 11 is 3.48. The zero-order chi connectivity index (χ0) is 14.0. The zero-order valence-electron chi connectivity index (χ0n) is 11.5. The first-order valence-corrected chi connectivity index (χ1v) is 7.60. The molecule has 3 nitrogen and oxygen atoms in total. The highest BCUT2D eigenvalue weighted by Gasteiger charge is 2.26. The third-order valence-electron chi connectivity index (χ3n) is 4.07. The van der Waals surface area contributed by atoms with Crippen molar-refractivity contribution in [3.8, 4) is 0 Å².